The predicted molar refractivity (Wildman–Crippen MR) is 141 cm³/mol. The molecule has 38 heavy (non-hydrogen) atoms. The lowest BCUT2D eigenvalue weighted by Crippen LogP contribution is -2.67. The number of carbonyl (C=O) groups is 4. The predicted octanol–water partition coefficient (Wildman–Crippen LogP) is 3.00. The molecule has 0 saturated carbocycles. The van der Waals surface area contributed by atoms with E-state index in [4.69, 9.17) is 17.3 Å². The number of H-pyrrole nitrogens is 1. The normalized spacial score (nSPS) is 20.1. The largest absolute Gasteiger partial charge is 0.465 e. The van der Waals surface area contributed by atoms with Crippen LogP contribution in [0.5, 0.6) is 0 Å². The maximum absolute atomic E-state index is 14.3. The van der Waals surface area contributed by atoms with Crippen molar-refractivity contribution in [2.75, 3.05) is 0 Å². The number of hydrogen-bond acceptors (Lipinski definition) is 4. The van der Waals surface area contributed by atoms with Crippen LogP contribution in [-0.4, -0.2) is 51.5 Å². The fourth-order valence-corrected chi connectivity index (χ4v) is 5.24. The summed E-state index contributed by atoms with van der Waals surface area (Å²) < 4.78 is 14.3. The van der Waals surface area contributed by atoms with E-state index in [2.05, 4.69) is 20.9 Å². The van der Waals surface area contributed by atoms with Crippen LogP contribution in [0.25, 0.3) is 10.9 Å². The van der Waals surface area contributed by atoms with Gasteiger partial charge in [-0.3, -0.25) is 14.4 Å². The van der Waals surface area contributed by atoms with E-state index in [-0.39, 0.29) is 29.7 Å². The average Bonchev–Trinajstić information content (AvgIpc) is 3.22. The van der Waals surface area contributed by atoms with E-state index in [0.717, 1.165) is 5.69 Å². The van der Waals surface area contributed by atoms with Crippen LogP contribution in [0.15, 0.2) is 12.1 Å². The van der Waals surface area contributed by atoms with E-state index in [1.807, 2.05) is 13.8 Å². The van der Waals surface area contributed by atoms with E-state index >= 15 is 0 Å². The van der Waals surface area contributed by atoms with Gasteiger partial charge in [0, 0.05) is 17.5 Å². The molecule has 0 spiro atoms. The molecule has 1 aromatic carbocycles. The maximum atomic E-state index is 14.3. The number of benzene rings is 1. The van der Waals surface area contributed by atoms with Crippen molar-refractivity contribution >= 4 is 46.3 Å². The van der Waals surface area contributed by atoms with Crippen molar-refractivity contribution in [1.29, 1.82) is 0 Å². The van der Waals surface area contributed by atoms with Gasteiger partial charge in [-0.2, -0.15) is 0 Å². The maximum Gasteiger partial charge on any atom is 0.405 e. The Morgan fingerprint density at radius 2 is 1.76 bits per heavy atom. The summed E-state index contributed by atoms with van der Waals surface area (Å²) in [6.07, 6.45) is 0.0985. The fourth-order valence-electron chi connectivity index (χ4n) is 4.99. The summed E-state index contributed by atoms with van der Waals surface area (Å²) in [5.74, 6) is -3.21. The molecular formula is C26H35ClFN5O5. The van der Waals surface area contributed by atoms with Crippen LogP contribution in [0.1, 0.15) is 58.2 Å². The highest BCUT2D eigenvalue weighted by atomic mass is 35.5. The Morgan fingerprint density at radius 1 is 1.13 bits per heavy atom. The molecule has 1 aliphatic carbocycles. The smallest absolute Gasteiger partial charge is 0.405 e. The first-order valence-electron chi connectivity index (χ1n) is 12.7. The van der Waals surface area contributed by atoms with E-state index in [0.29, 0.717) is 35.7 Å². The van der Waals surface area contributed by atoms with Gasteiger partial charge < -0.3 is 31.8 Å². The molecule has 208 valence electrons. The van der Waals surface area contributed by atoms with Gasteiger partial charge in [0.15, 0.2) is 0 Å². The number of primary amides is 1. The van der Waals surface area contributed by atoms with Crippen LogP contribution in [0.2, 0.25) is 5.02 Å². The molecule has 0 aliphatic heterocycles. The SMILES string of the molecule is CCC(C)C(NC(=O)[C@@]1(NC(=O)C(NC(=O)O)C(C)CC)CCc2[nH]c3c(Cl)cc(F)cc3c2C1)C(N)=O. The third kappa shape index (κ3) is 5.87. The minimum atomic E-state index is -1.56. The third-order valence-corrected chi connectivity index (χ3v) is 7.98. The average molecular weight is 552 g/mol. The third-order valence-electron chi connectivity index (χ3n) is 7.68. The van der Waals surface area contributed by atoms with Crippen molar-refractivity contribution in [2.45, 2.75) is 77.4 Å². The van der Waals surface area contributed by atoms with E-state index < -0.39 is 47.3 Å². The van der Waals surface area contributed by atoms with Gasteiger partial charge in [0.05, 0.1) is 10.5 Å². The summed E-state index contributed by atoms with van der Waals surface area (Å²) in [4.78, 5) is 54.2. The van der Waals surface area contributed by atoms with Crippen molar-refractivity contribution in [3.63, 3.8) is 0 Å². The zero-order chi connectivity index (χ0) is 28.4. The summed E-state index contributed by atoms with van der Waals surface area (Å²) in [7, 11) is 0. The number of carboxylic acid groups (broad SMARTS) is 1. The summed E-state index contributed by atoms with van der Waals surface area (Å²) in [5, 5.41) is 17.8. The van der Waals surface area contributed by atoms with Crippen molar-refractivity contribution in [3.8, 4) is 0 Å². The Kier molecular flexibility index (Phi) is 8.91. The standard InChI is InChI=1S/C26H35ClFN5O5/c1-5-12(3)19(22(29)34)31-24(36)26(33-23(35)20(13(4)6-2)32-25(37)38)8-7-18-16(11-26)15-9-14(28)10-17(27)21(15)30-18/h9-10,12-13,19-20,30,32H,5-8,11H2,1-4H3,(H2,29,34)(H,31,36)(H,33,35)(H,37,38)/t12?,13?,19?,20?,26-/m1/s1. The lowest BCUT2D eigenvalue weighted by molar-refractivity contribution is -0.137. The number of carbonyl (C=O) groups excluding carboxylic acids is 3. The van der Waals surface area contributed by atoms with Crippen molar-refractivity contribution in [1.82, 2.24) is 20.9 Å². The van der Waals surface area contributed by atoms with Crippen LogP contribution >= 0.6 is 11.6 Å². The Morgan fingerprint density at radius 3 is 2.34 bits per heavy atom. The van der Waals surface area contributed by atoms with Gasteiger partial charge in [-0.05, 0) is 42.4 Å². The summed E-state index contributed by atoms with van der Waals surface area (Å²) in [5.41, 5.74) is 5.89. The van der Waals surface area contributed by atoms with E-state index in [1.54, 1.807) is 13.8 Å². The number of rotatable bonds is 10. The number of hydrogen-bond donors (Lipinski definition) is 6. The molecule has 1 aliphatic rings. The molecule has 0 saturated heterocycles. The Bertz CT molecular complexity index is 1250. The van der Waals surface area contributed by atoms with Crippen molar-refractivity contribution < 1.29 is 28.7 Å². The summed E-state index contributed by atoms with van der Waals surface area (Å²) in [6.45, 7) is 7.18. The van der Waals surface area contributed by atoms with Gasteiger partial charge in [0.25, 0.3) is 0 Å². The molecule has 4 amide bonds. The van der Waals surface area contributed by atoms with Crippen molar-refractivity contribution in [2.24, 2.45) is 17.6 Å². The van der Waals surface area contributed by atoms with Crippen LogP contribution in [0.4, 0.5) is 9.18 Å². The molecule has 0 radical (unpaired) electrons. The highest BCUT2D eigenvalue weighted by Crippen LogP contribution is 2.37. The highest BCUT2D eigenvalue weighted by molar-refractivity contribution is 6.35. The molecule has 3 rings (SSSR count). The molecule has 0 fully saturated rings. The molecule has 1 heterocycles. The van der Waals surface area contributed by atoms with E-state index in [9.17, 15) is 28.7 Å². The lowest BCUT2D eigenvalue weighted by Gasteiger charge is -2.39. The van der Waals surface area contributed by atoms with Gasteiger partial charge in [-0.15, -0.1) is 0 Å². The molecule has 2 aromatic rings. The zero-order valence-electron chi connectivity index (χ0n) is 21.9. The number of halogens is 2. The van der Waals surface area contributed by atoms with Crippen molar-refractivity contribution in [3.05, 3.63) is 34.2 Å². The minimum Gasteiger partial charge on any atom is -0.465 e. The molecule has 10 nitrogen and oxygen atoms in total. The molecule has 12 heteroatoms. The van der Waals surface area contributed by atoms with Crippen LogP contribution in [-0.2, 0) is 27.2 Å². The minimum absolute atomic E-state index is 0.0357. The molecule has 5 atom stereocenters. The van der Waals surface area contributed by atoms with Crippen LogP contribution < -0.4 is 21.7 Å². The van der Waals surface area contributed by atoms with Gasteiger partial charge in [0.2, 0.25) is 17.7 Å². The van der Waals surface area contributed by atoms with E-state index in [1.165, 1.54) is 12.1 Å². The first kappa shape index (κ1) is 29.2. The quantitative estimate of drug-likeness (QED) is 0.266. The van der Waals surface area contributed by atoms with Crippen LogP contribution in [0, 0.1) is 17.7 Å². The van der Waals surface area contributed by atoms with Gasteiger partial charge in [-0.25, -0.2) is 9.18 Å². The Labute approximate surface area is 225 Å². The number of amides is 4. The molecule has 4 unspecified atom stereocenters. The second-order valence-electron chi connectivity index (χ2n) is 10.2. The monoisotopic (exact) mass is 551 g/mol. The summed E-state index contributed by atoms with van der Waals surface area (Å²) in [6, 6.07) is 0.386. The van der Waals surface area contributed by atoms with Gasteiger partial charge >= 0.3 is 6.09 Å². The molecular weight excluding hydrogens is 517 g/mol. The van der Waals surface area contributed by atoms with Gasteiger partial charge in [-0.1, -0.05) is 52.1 Å². The number of aryl methyl sites for hydroxylation is 1. The number of nitrogens with one attached hydrogen (secondary N) is 4. The first-order valence-corrected chi connectivity index (χ1v) is 13.1. The Balaban J connectivity index is 2.08. The number of fused-ring (bicyclic) bond motifs is 3. The highest BCUT2D eigenvalue weighted by Gasteiger charge is 2.46. The number of aromatic amines is 1. The first-order chi connectivity index (χ1) is 17.8. The lowest BCUT2D eigenvalue weighted by atomic mass is 9.78. The fraction of sp³-hybridized carbons (Fsp3) is 0.538. The zero-order valence-corrected chi connectivity index (χ0v) is 22.7. The topological polar surface area (TPSA) is 166 Å². The van der Waals surface area contributed by atoms with Crippen LogP contribution in [0.3, 0.4) is 0 Å². The molecule has 1 aromatic heterocycles. The number of nitrogens with two attached hydrogens (primary N) is 1. The second-order valence-corrected chi connectivity index (χ2v) is 10.6. The molecule has 7 N–H and O–H groups in total. The second kappa shape index (κ2) is 11.6. The Hall–Kier alpha value is -3.34. The summed E-state index contributed by atoms with van der Waals surface area (Å²) >= 11 is 6.26. The molecule has 0 bridgehead atoms. The number of aromatic nitrogens is 1. The van der Waals surface area contributed by atoms with Gasteiger partial charge in [0.1, 0.15) is 23.4 Å².